The second-order valence-electron chi connectivity index (χ2n) is 4.42. The molecule has 0 bridgehead atoms. The Labute approximate surface area is 118 Å². The maximum atomic E-state index is 5.49. The van der Waals surface area contributed by atoms with Crippen LogP contribution < -0.4 is 16.6 Å². The van der Waals surface area contributed by atoms with Gasteiger partial charge in [0.15, 0.2) is 5.16 Å². The van der Waals surface area contributed by atoms with Crippen LogP contribution in [0, 0.1) is 5.92 Å². The average molecular weight is 285 g/mol. The summed E-state index contributed by atoms with van der Waals surface area (Å²) in [4.78, 5) is 8.65. The Bertz CT molecular complexity index is 366. The third kappa shape index (κ3) is 5.22. The fourth-order valence-corrected chi connectivity index (χ4v) is 1.88. The van der Waals surface area contributed by atoms with E-state index >= 15 is 0 Å². The van der Waals surface area contributed by atoms with E-state index < -0.39 is 0 Å². The molecule has 1 aromatic heterocycles. The van der Waals surface area contributed by atoms with Crippen molar-refractivity contribution in [2.24, 2.45) is 11.8 Å². The number of nitrogens with two attached hydrogens (primary N) is 1. The number of ether oxygens (including phenoxy) is 1. The van der Waals surface area contributed by atoms with Crippen LogP contribution in [0.5, 0.6) is 0 Å². The number of hydrogen-bond acceptors (Lipinski definition) is 7. The van der Waals surface area contributed by atoms with Crippen molar-refractivity contribution in [3.63, 3.8) is 0 Å². The molecule has 6 nitrogen and oxygen atoms in total. The molecule has 0 aliphatic heterocycles. The smallest absolute Gasteiger partial charge is 0.191 e. The van der Waals surface area contributed by atoms with Crippen molar-refractivity contribution in [2.45, 2.75) is 32.0 Å². The summed E-state index contributed by atoms with van der Waals surface area (Å²) in [6.07, 6.45) is 1.93. The van der Waals surface area contributed by atoms with Gasteiger partial charge < -0.3 is 15.5 Å². The number of nitrogen functional groups attached to an aromatic ring is 1. The Morgan fingerprint density at radius 2 is 2.05 bits per heavy atom. The van der Waals surface area contributed by atoms with E-state index in [1.54, 1.807) is 6.07 Å². The standard InChI is InChI=1S/C12H23N5OS/c1-5-18-7-9(8(2)3)14-10-6-11(17-13)16-12(15-10)19-4/h6,8-9H,5,7,13H2,1-4H3,(H2,14,15,16,17). The first-order chi connectivity index (χ1) is 9.10. The summed E-state index contributed by atoms with van der Waals surface area (Å²) in [5.74, 6) is 7.20. The van der Waals surface area contributed by atoms with Crippen molar-refractivity contribution >= 4 is 23.4 Å². The predicted octanol–water partition coefficient (Wildman–Crippen LogP) is 1.96. The summed E-state index contributed by atoms with van der Waals surface area (Å²) < 4.78 is 5.49. The van der Waals surface area contributed by atoms with Crippen LogP contribution in [0.4, 0.5) is 11.6 Å². The Morgan fingerprint density at radius 3 is 2.58 bits per heavy atom. The molecular formula is C12H23N5OS. The van der Waals surface area contributed by atoms with Crippen LogP contribution >= 0.6 is 11.8 Å². The largest absolute Gasteiger partial charge is 0.380 e. The zero-order valence-electron chi connectivity index (χ0n) is 11.9. The van der Waals surface area contributed by atoms with Gasteiger partial charge in [0.1, 0.15) is 11.6 Å². The molecule has 7 heteroatoms. The number of anilines is 2. The van der Waals surface area contributed by atoms with Crippen LogP contribution in [-0.2, 0) is 4.74 Å². The van der Waals surface area contributed by atoms with E-state index in [4.69, 9.17) is 10.6 Å². The molecule has 0 spiro atoms. The van der Waals surface area contributed by atoms with Crippen molar-refractivity contribution in [1.82, 2.24) is 9.97 Å². The minimum Gasteiger partial charge on any atom is -0.380 e. The van der Waals surface area contributed by atoms with Crippen LogP contribution in [-0.4, -0.2) is 35.5 Å². The summed E-state index contributed by atoms with van der Waals surface area (Å²) >= 11 is 1.48. The molecule has 1 rings (SSSR count). The van der Waals surface area contributed by atoms with Crippen molar-refractivity contribution in [3.8, 4) is 0 Å². The van der Waals surface area contributed by atoms with Crippen LogP contribution in [0.25, 0.3) is 0 Å². The Hall–Kier alpha value is -1.05. The molecule has 0 aromatic carbocycles. The molecule has 4 N–H and O–H groups in total. The average Bonchev–Trinajstić information content (AvgIpc) is 2.42. The van der Waals surface area contributed by atoms with E-state index in [0.717, 1.165) is 5.82 Å². The minimum absolute atomic E-state index is 0.204. The van der Waals surface area contributed by atoms with Gasteiger partial charge in [0.05, 0.1) is 12.6 Å². The molecule has 1 aromatic rings. The van der Waals surface area contributed by atoms with Gasteiger partial charge in [-0.25, -0.2) is 15.8 Å². The molecular weight excluding hydrogens is 262 g/mol. The van der Waals surface area contributed by atoms with Gasteiger partial charge >= 0.3 is 0 Å². The molecule has 0 saturated heterocycles. The van der Waals surface area contributed by atoms with Crippen LogP contribution in [0.1, 0.15) is 20.8 Å². The summed E-state index contributed by atoms with van der Waals surface area (Å²) in [5, 5.41) is 4.06. The van der Waals surface area contributed by atoms with Crippen LogP contribution in [0.15, 0.2) is 11.2 Å². The molecule has 0 aliphatic rings. The quantitative estimate of drug-likeness (QED) is 0.291. The monoisotopic (exact) mass is 285 g/mol. The highest BCUT2D eigenvalue weighted by atomic mass is 32.2. The second kappa shape index (κ2) is 8.19. The highest BCUT2D eigenvalue weighted by Crippen LogP contribution is 2.18. The third-order valence-corrected chi connectivity index (χ3v) is 3.22. The number of hydrogen-bond donors (Lipinski definition) is 3. The van der Waals surface area contributed by atoms with E-state index in [1.165, 1.54) is 11.8 Å². The molecule has 0 saturated carbocycles. The fraction of sp³-hybridized carbons (Fsp3) is 0.667. The van der Waals surface area contributed by atoms with Gasteiger partial charge in [-0.15, -0.1) is 0 Å². The van der Waals surface area contributed by atoms with Crippen LogP contribution in [0.3, 0.4) is 0 Å². The third-order valence-electron chi connectivity index (χ3n) is 2.68. The highest BCUT2D eigenvalue weighted by Gasteiger charge is 2.15. The zero-order chi connectivity index (χ0) is 14.3. The van der Waals surface area contributed by atoms with Crippen molar-refractivity contribution in [2.75, 3.05) is 30.2 Å². The molecule has 0 amide bonds. The van der Waals surface area contributed by atoms with Gasteiger partial charge in [-0.05, 0) is 19.1 Å². The number of hydrazine groups is 1. The first-order valence-electron chi connectivity index (χ1n) is 6.34. The van der Waals surface area contributed by atoms with E-state index in [-0.39, 0.29) is 6.04 Å². The molecule has 1 atom stereocenters. The predicted molar refractivity (Wildman–Crippen MR) is 80.4 cm³/mol. The lowest BCUT2D eigenvalue weighted by molar-refractivity contribution is 0.126. The van der Waals surface area contributed by atoms with E-state index in [0.29, 0.717) is 30.1 Å². The lowest BCUT2D eigenvalue weighted by Gasteiger charge is -2.23. The number of rotatable bonds is 8. The first-order valence-corrected chi connectivity index (χ1v) is 7.57. The first kappa shape index (κ1) is 16.0. The SMILES string of the molecule is CCOCC(Nc1cc(NN)nc(SC)n1)C(C)C. The zero-order valence-corrected chi connectivity index (χ0v) is 12.8. The summed E-state index contributed by atoms with van der Waals surface area (Å²) in [6.45, 7) is 7.65. The summed E-state index contributed by atoms with van der Waals surface area (Å²) in [7, 11) is 0. The highest BCUT2D eigenvalue weighted by molar-refractivity contribution is 7.98. The number of thioether (sulfide) groups is 1. The second-order valence-corrected chi connectivity index (χ2v) is 5.20. The maximum Gasteiger partial charge on any atom is 0.191 e. The molecule has 1 heterocycles. The Kier molecular flexibility index (Phi) is 6.90. The molecule has 19 heavy (non-hydrogen) atoms. The fourth-order valence-electron chi connectivity index (χ4n) is 1.50. The van der Waals surface area contributed by atoms with Gasteiger partial charge in [-0.2, -0.15) is 0 Å². The van der Waals surface area contributed by atoms with E-state index in [1.807, 2.05) is 13.2 Å². The van der Waals surface area contributed by atoms with E-state index in [2.05, 4.69) is 34.6 Å². The summed E-state index contributed by atoms with van der Waals surface area (Å²) in [6, 6.07) is 2.00. The molecule has 0 radical (unpaired) electrons. The molecule has 0 fully saturated rings. The Balaban J connectivity index is 2.82. The normalized spacial score (nSPS) is 12.5. The molecule has 1 unspecified atom stereocenters. The van der Waals surface area contributed by atoms with Crippen molar-refractivity contribution < 1.29 is 4.74 Å². The van der Waals surface area contributed by atoms with Crippen molar-refractivity contribution in [1.29, 1.82) is 0 Å². The van der Waals surface area contributed by atoms with Gasteiger partial charge in [0.2, 0.25) is 0 Å². The lowest BCUT2D eigenvalue weighted by atomic mass is 10.1. The van der Waals surface area contributed by atoms with Gasteiger partial charge in [0, 0.05) is 12.7 Å². The minimum atomic E-state index is 0.204. The van der Waals surface area contributed by atoms with Crippen molar-refractivity contribution in [3.05, 3.63) is 6.07 Å². The summed E-state index contributed by atoms with van der Waals surface area (Å²) in [5.41, 5.74) is 2.55. The number of nitrogens with one attached hydrogen (secondary N) is 2. The van der Waals surface area contributed by atoms with Gasteiger partial charge in [-0.3, -0.25) is 0 Å². The molecule has 0 aliphatic carbocycles. The lowest BCUT2D eigenvalue weighted by Crippen LogP contribution is -2.31. The Morgan fingerprint density at radius 1 is 1.37 bits per heavy atom. The maximum absolute atomic E-state index is 5.49. The van der Waals surface area contributed by atoms with E-state index in [9.17, 15) is 0 Å². The number of aromatic nitrogens is 2. The number of nitrogens with zero attached hydrogens (tertiary/aromatic N) is 2. The van der Waals surface area contributed by atoms with Gasteiger partial charge in [0.25, 0.3) is 0 Å². The van der Waals surface area contributed by atoms with Gasteiger partial charge in [-0.1, -0.05) is 25.6 Å². The van der Waals surface area contributed by atoms with Crippen LogP contribution in [0.2, 0.25) is 0 Å². The molecule has 108 valence electrons. The topological polar surface area (TPSA) is 85.1 Å².